The molecular formula is C29H26Cl2N4O4. The number of nitrogens with zero attached hydrogens (tertiary/aromatic N) is 3. The summed E-state index contributed by atoms with van der Waals surface area (Å²) in [6, 6.07) is 19.7. The fourth-order valence-corrected chi connectivity index (χ4v) is 4.80. The van der Waals surface area contributed by atoms with E-state index in [2.05, 4.69) is 15.4 Å². The fraction of sp³-hybridized carbons (Fsp3) is 0.207. The van der Waals surface area contributed by atoms with Crippen molar-refractivity contribution in [1.29, 1.82) is 0 Å². The summed E-state index contributed by atoms with van der Waals surface area (Å²) in [5.74, 6) is 1.13. The van der Waals surface area contributed by atoms with Gasteiger partial charge in [-0.3, -0.25) is 0 Å². The summed E-state index contributed by atoms with van der Waals surface area (Å²) in [6.07, 6.45) is 1.44. The number of carbonyl (C=O) groups excluding carboxylic acids is 1. The van der Waals surface area contributed by atoms with Gasteiger partial charge in [0.05, 0.1) is 12.2 Å². The number of nitrogens with one attached hydrogen (secondary N) is 1. The Morgan fingerprint density at radius 1 is 1.00 bits per heavy atom. The lowest BCUT2D eigenvalue weighted by Gasteiger charge is -2.28. The quantitative estimate of drug-likeness (QED) is 0.229. The number of aromatic nitrogens is 3. The van der Waals surface area contributed by atoms with Crippen LogP contribution >= 0.6 is 23.2 Å². The highest BCUT2D eigenvalue weighted by molar-refractivity contribution is 6.35. The van der Waals surface area contributed by atoms with E-state index < -0.39 is 12.0 Å². The fourth-order valence-electron chi connectivity index (χ4n) is 4.34. The first-order valence-corrected chi connectivity index (χ1v) is 13.1. The van der Waals surface area contributed by atoms with Crippen molar-refractivity contribution in [2.45, 2.75) is 33.1 Å². The van der Waals surface area contributed by atoms with E-state index in [1.807, 2.05) is 68.4 Å². The minimum absolute atomic E-state index is 0.150. The molecule has 1 aromatic heterocycles. The zero-order chi connectivity index (χ0) is 27.4. The van der Waals surface area contributed by atoms with Crippen LogP contribution in [0.25, 0.3) is 0 Å². The molecule has 1 unspecified atom stereocenters. The van der Waals surface area contributed by atoms with Crippen LogP contribution < -0.4 is 14.8 Å². The normalized spacial score (nSPS) is 14.4. The Morgan fingerprint density at radius 3 is 2.59 bits per heavy atom. The van der Waals surface area contributed by atoms with Crippen LogP contribution in [-0.2, 0) is 22.7 Å². The van der Waals surface area contributed by atoms with Gasteiger partial charge in [0.15, 0.2) is 11.5 Å². The third-order valence-electron chi connectivity index (χ3n) is 6.21. The molecule has 0 saturated carbocycles. The summed E-state index contributed by atoms with van der Waals surface area (Å²) in [7, 11) is 0. The van der Waals surface area contributed by atoms with Crippen molar-refractivity contribution >= 4 is 35.1 Å². The molecule has 0 amide bonds. The van der Waals surface area contributed by atoms with Gasteiger partial charge in [0.25, 0.3) is 0 Å². The summed E-state index contributed by atoms with van der Waals surface area (Å²) in [5, 5.41) is 8.63. The molecule has 0 bridgehead atoms. The molecule has 0 spiro atoms. The Bertz CT molecular complexity index is 1520. The van der Waals surface area contributed by atoms with E-state index in [-0.39, 0.29) is 13.2 Å². The van der Waals surface area contributed by atoms with Crippen LogP contribution in [0.5, 0.6) is 11.5 Å². The number of hydrogen-bond acceptors (Lipinski definition) is 7. The molecule has 0 fully saturated rings. The van der Waals surface area contributed by atoms with E-state index in [1.54, 1.807) is 16.8 Å². The molecule has 2 heterocycles. The van der Waals surface area contributed by atoms with Gasteiger partial charge in [0, 0.05) is 21.3 Å². The van der Waals surface area contributed by atoms with Crippen LogP contribution in [0.15, 0.2) is 84.3 Å². The van der Waals surface area contributed by atoms with Crippen molar-refractivity contribution in [2.24, 2.45) is 0 Å². The van der Waals surface area contributed by atoms with E-state index in [4.69, 9.17) is 37.4 Å². The summed E-state index contributed by atoms with van der Waals surface area (Å²) in [4.78, 5) is 17.7. The summed E-state index contributed by atoms with van der Waals surface area (Å²) >= 11 is 12.3. The Kier molecular flexibility index (Phi) is 8.05. The molecule has 0 aliphatic carbocycles. The number of allylic oxidation sites excluding steroid dienone is 1. The zero-order valence-electron chi connectivity index (χ0n) is 21.4. The largest absolute Gasteiger partial charge is 0.490 e. The minimum atomic E-state index is -0.592. The molecule has 5 rings (SSSR count). The highest BCUT2D eigenvalue weighted by atomic mass is 35.5. The molecule has 0 saturated heterocycles. The lowest BCUT2D eigenvalue weighted by atomic mass is 9.95. The molecule has 10 heteroatoms. The highest BCUT2D eigenvalue weighted by Crippen LogP contribution is 2.39. The summed E-state index contributed by atoms with van der Waals surface area (Å²) in [6.45, 7) is 4.51. The second-order valence-electron chi connectivity index (χ2n) is 8.82. The monoisotopic (exact) mass is 564 g/mol. The maximum Gasteiger partial charge on any atom is 0.338 e. The number of anilines is 1. The van der Waals surface area contributed by atoms with Crippen molar-refractivity contribution in [1.82, 2.24) is 14.8 Å². The number of rotatable bonds is 9. The average molecular weight is 565 g/mol. The summed E-state index contributed by atoms with van der Waals surface area (Å²) < 4.78 is 19.4. The topological polar surface area (TPSA) is 87.5 Å². The van der Waals surface area contributed by atoms with Gasteiger partial charge >= 0.3 is 5.97 Å². The van der Waals surface area contributed by atoms with E-state index in [0.717, 1.165) is 16.7 Å². The molecule has 1 N–H and O–H groups in total. The number of halogens is 2. The van der Waals surface area contributed by atoms with Gasteiger partial charge in [-0.2, -0.15) is 10.1 Å². The van der Waals surface area contributed by atoms with Gasteiger partial charge in [-0.15, -0.1) is 0 Å². The van der Waals surface area contributed by atoms with E-state index >= 15 is 0 Å². The predicted molar refractivity (Wildman–Crippen MR) is 149 cm³/mol. The maximum absolute atomic E-state index is 13.4. The number of carbonyl (C=O) groups is 1. The number of hydrogen-bond donors (Lipinski definition) is 1. The van der Waals surface area contributed by atoms with Gasteiger partial charge in [0.2, 0.25) is 5.95 Å². The van der Waals surface area contributed by atoms with Crippen LogP contribution in [0.2, 0.25) is 10.0 Å². The van der Waals surface area contributed by atoms with Crippen LogP contribution in [0.1, 0.15) is 36.6 Å². The Balaban J connectivity index is 1.45. The van der Waals surface area contributed by atoms with Crippen LogP contribution in [0.4, 0.5) is 5.95 Å². The average Bonchev–Trinajstić information content (AvgIpc) is 3.40. The lowest BCUT2D eigenvalue weighted by Crippen LogP contribution is -2.29. The number of fused-ring (bicyclic) bond motifs is 1. The number of esters is 1. The Hall–Kier alpha value is -4.01. The smallest absolute Gasteiger partial charge is 0.338 e. The molecule has 1 atom stereocenters. The predicted octanol–water partition coefficient (Wildman–Crippen LogP) is 6.59. The SMILES string of the molecule is CCOc1cc(C2C(C(=O)OCc3ccccc3)=C(C)Nc3ncnn32)ccc1OCc1ccc(Cl)cc1Cl. The van der Waals surface area contributed by atoms with Crippen LogP contribution in [-0.4, -0.2) is 27.3 Å². The summed E-state index contributed by atoms with van der Waals surface area (Å²) in [5.41, 5.74) is 3.50. The zero-order valence-corrected chi connectivity index (χ0v) is 22.9. The second-order valence-corrected chi connectivity index (χ2v) is 9.66. The van der Waals surface area contributed by atoms with Crippen molar-refractivity contribution in [3.63, 3.8) is 0 Å². The lowest BCUT2D eigenvalue weighted by molar-refractivity contribution is -0.140. The van der Waals surface area contributed by atoms with Crippen molar-refractivity contribution in [3.05, 3.63) is 111 Å². The maximum atomic E-state index is 13.4. The third kappa shape index (κ3) is 5.87. The van der Waals surface area contributed by atoms with Gasteiger partial charge in [-0.05, 0) is 49.2 Å². The minimum Gasteiger partial charge on any atom is -0.490 e. The first-order chi connectivity index (χ1) is 18.9. The van der Waals surface area contributed by atoms with E-state index in [1.165, 1.54) is 6.33 Å². The van der Waals surface area contributed by atoms with Gasteiger partial charge < -0.3 is 19.5 Å². The molecule has 1 aliphatic rings. The highest BCUT2D eigenvalue weighted by Gasteiger charge is 2.35. The van der Waals surface area contributed by atoms with Gasteiger partial charge in [-0.25, -0.2) is 9.48 Å². The number of benzene rings is 3. The molecule has 1 aliphatic heterocycles. The second kappa shape index (κ2) is 11.8. The van der Waals surface area contributed by atoms with Gasteiger partial charge in [0.1, 0.15) is 25.6 Å². The molecule has 3 aromatic carbocycles. The first-order valence-electron chi connectivity index (χ1n) is 12.4. The third-order valence-corrected chi connectivity index (χ3v) is 6.80. The standard InChI is InChI=1S/C29H26Cl2N4O4/c1-3-37-25-13-20(10-12-24(25)38-16-21-9-11-22(30)14-23(21)31)27-26(18(2)34-29-32-17-33-35(27)29)28(36)39-15-19-7-5-4-6-8-19/h4-14,17,27H,3,15-16H2,1-2H3,(H,32,33,34). The molecule has 200 valence electrons. The van der Waals surface area contributed by atoms with Crippen molar-refractivity contribution < 1.29 is 19.0 Å². The van der Waals surface area contributed by atoms with E-state index in [0.29, 0.717) is 45.4 Å². The van der Waals surface area contributed by atoms with E-state index in [9.17, 15) is 4.79 Å². The number of ether oxygens (including phenoxy) is 3. The molecule has 0 radical (unpaired) electrons. The molecular weight excluding hydrogens is 539 g/mol. The van der Waals surface area contributed by atoms with Crippen LogP contribution in [0, 0.1) is 0 Å². The Morgan fingerprint density at radius 2 is 1.82 bits per heavy atom. The molecule has 8 nitrogen and oxygen atoms in total. The Labute approximate surface area is 236 Å². The first kappa shape index (κ1) is 26.6. The van der Waals surface area contributed by atoms with Crippen LogP contribution in [0.3, 0.4) is 0 Å². The van der Waals surface area contributed by atoms with Crippen molar-refractivity contribution in [3.8, 4) is 11.5 Å². The van der Waals surface area contributed by atoms with Crippen molar-refractivity contribution in [2.75, 3.05) is 11.9 Å². The molecule has 4 aromatic rings. The van der Waals surface area contributed by atoms with Gasteiger partial charge in [-0.1, -0.05) is 65.7 Å². The molecule has 39 heavy (non-hydrogen) atoms.